The summed E-state index contributed by atoms with van der Waals surface area (Å²) in [5, 5.41) is 3.14. The lowest BCUT2D eigenvalue weighted by Crippen LogP contribution is -2.19. The molecule has 1 N–H and O–H groups in total. The first-order valence-electron chi connectivity index (χ1n) is 8.99. The van der Waals surface area contributed by atoms with Crippen LogP contribution in [0.15, 0.2) is 75.0 Å². The van der Waals surface area contributed by atoms with E-state index in [2.05, 4.69) is 10.3 Å². The number of rotatable bonds is 5. The Morgan fingerprint density at radius 3 is 2.59 bits per heavy atom. The standard InChI is InChI=1S/C22H17FN2O3S/c1-2-27-17-9-3-14(4-10-17)19-12-11-18(28-19)13-20-21(26)25-22(29-20)24-16-7-5-15(23)6-8-16/h3-13H,2H2,1H3,(H,24,25,26)/b20-13-. The molecule has 1 aliphatic rings. The minimum Gasteiger partial charge on any atom is -0.494 e. The van der Waals surface area contributed by atoms with Crippen molar-refractivity contribution in [1.29, 1.82) is 0 Å². The minimum absolute atomic E-state index is 0.255. The van der Waals surface area contributed by atoms with Crippen LogP contribution in [0.3, 0.4) is 0 Å². The summed E-state index contributed by atoms with van der Waals surface area (Å²) in [4.78, 5) is 17.0. The molecule has 1 saturated heterocycles. The Morgan fingerprint density at radius 2 is 1.86 bits per heavy atom. The molecule has 2 aromatic carbocycles. The van der Waals surface area contributed by atoms with Crippen LogP contribution in [0.4, 0.5) is 10.1 Å². The molecular weight excluding hydrogens is 391 g/mol. The lowest BCUT2D eigenvalue weighted by Gasteiger charge is -2.03. The molecule has 146 valence electrons. The number of benzene rings is 2. The number of hydrogen-bond donors (Lipinski definition) is 1. The van der Waals surface area contributed by atoms with Gasteiger partial charge < -0.3 is 14.5 Å². The van der Waals surface area contributed by atoms with Crippen molar-refractivity contribution in [3.05, 3.63) is 77.1 Å². The molecule has 4 rings (SSSR count). The van der Waals surface area contributed by atoms with Gasteiger partial charge in [0, 0.05) is 11.6 Å². The molecule has 0 aliphatic carbocycles. The second kappa shape index (κ2) is 8.36. The number of furan rings is 1. The molecule has 0 radical (unpaired) electrons. The molecule has 1 aliphatic heterocycles. The zero-order valence-corrected chi connectivity index (χ0v) is 16.3. The molecule has 0 bridgehead atoms. The molecule has 0 atom stereocenters. The molecule has 2 heterocycles. The number of amides is 1. The van der Waals surface area contributed by atoms with Crippen molar-refractivity contribution in [3.8, 4) is 17.1 Å². The lowest BCUT2D eigenvalue weighted by molar-refractivity contribution is -0.115. The number of carbonyl (C=O) groups excluding carboxylic acids is 1. The van der Waals surface area contributed by atoms with Crippen LogP contribution < -0.4 is 10.1 Å². The van der Waals surface area contributed by atoms with Crippen molar-refractivity contribution >= 4 is 34.6 Å². The summed E-state index contributed by atoms with van der Waals surface area (Å²) in [6, 6.07) is 17.0. The summed E-state index contributed by atoms with van der Waals surface area (Å²) >= 11 is 1.21. The van der Waals surface area contributed by atoms with Crippen LogP contribution in [0.25, 0.3) is 17.4 Å². The normalized spacial score (nSPS) is 16.4. The molecular formula is C22H17FN2O3S. The Kier molecular flexibility index (Phi) is 5.48. The number of ether oxygens (including phenoxy) is 1. The van der Waals surface area contributed by atoms with E-state index >= 15 is 0 Å². The predicted molar refractivity (Wildman–Crippen MR) is 113 cm³/mol. The highest BCUT2D eigenvalue weighted by atomic mass is 32.2. The van der Waals surface area contributed by atoms with Crippen molar-refractivity contribution in [2.75, 3.05) is 6.61 Å². The molecule has 1 aromatic heterocycles. The molecule has 29 heavy (non-hydrogen) atoms. The number of amidine groups is 1. The first kappa shape index (κ1) is 19.0. The molecule has 5 nitrogen and oxygen atoms in total. The summed E-state index contributed by atoms with van der Waals surface area (Å²) in [5.74, 6) is 1.48. The number of nitrogens with one attached hydrogen (secondary N) is 1. The number of thioether (sulfide) groups is 1. The number of aliphatic imine (C=N–C) groups is 1. The Labute approximate surface area is 171 Å². The third-order valence-electron chi connectivity index (χ3n) is 4.06. The first-order chi connectivity index (χ1) is 14.1. The summed E-state index contributed by atoms with van der Waals surface area (Å²) in [5.41, 5.74) is 1.48. The quantitative estimate of drug-likeness (QED) is 0.576. The van der Waals surface area contributed by atoms with E-state index in [1.165, 1.54) is 23.9 Å². The van der Waals surface area contributed by atoms with Crippen molar-refractivity contribution in [2.45, 2.75) is 6.92 Å². The number of halogens is 1. The Bertz CT molecular complexity index is 1090. The van der Waals surface area contributed by atoms with Crippen LogP contribution in [0.5, 0.6) is 5.75 Å². The van der Waals surface area contributed by atoms with Crippen LogP contribution >= 0.6 is 11.8 Å². The minimum atomic E-state index is -0.334. The van der Waals surface area contributed by atoms with Gasteiger partial charge in [-0.2, -0.15) is 0 Å². The van der Waals surface area contributed by atoms with E-state index in [9.17, 15) is 9.18 Å². The summed E-state index contributed by atoms with van der Waals surface area (Å²) in [6.07, 6.45) is 1.67. The number of hydrogen-bond acceptors (Lipinski definition) is 5. The highest BCUT2D eigenvalue weighted by Gasteiger charge is 2.24. The maximum absolute atomic E-state index is 13.0. The van der Waals surface area contributed by atoms with E-state index < -0.39 is 0 Å². The molecule has 7 heteroatoms. The Balaban J connectivity index is 1.49. The smallest absolute Gasteiger partial charge is 0.264 e. The number of nitrogens with zero attached hydrogens (tertiary/aromatic N) is 1. The predicted octanol–water partition coefficient (Wildman–Crippen LogP) is 5.38. The van der Waals surface area contributed by atoms with Crippen LogP contribution in [-0.4, -0.2) is 17.7 Å². The molecule has 0 spiro atoms. The topological polar surface area (TPSA) is 63.8 Å². The van der Waals surface area contributed by atoms with Crippen molar-refractivity contribution in [3.63, 3.8) is 0 Å². The van der Waals surface area contributed by atoms with E-state index in [-0.39, 0.29) is 11.7 Å². The maximum Gasteiger partial charge on any atom is 0.264 e. The van der Waals surface area contributed by atoms with Gasteiger partial charge >= 0.3 is 0 Å². The fraction of sp³-hybridized carbons (Fsp3) is 0.0909. The molecule has 0 unspecified atom stereocenters. The zero-order valence-electron chi connectivity index (χ0n) is 15.5. The Hall–Kier alpha value is -3.32. The van der Waals surface area contributed by atoms with Gasteiger partial charge in [0.2, 0.25) is 0 Å². The molecule has 0 saturated carbocycles. The summed E-state index contributed by atoms with van der Waals surface area (Å²) in [7, 11) is 0. The average Bonchev–Trinajstić information content (AvgIpc) is 3.32. The summed E-state index contributed by atoms with van der Waals surface area (Å²) in [6.45, 7) is 2.55. The largest absolute Gasteiger partial charge is 0.494 e. The number of carbonyl (C=O) groups is 1. The van der Waals surface area contributed by atoms with Gasteiger partial charge in [-0.1, -0.05) is 0 Å². The maximum atomic E-state index is 13.0. The average molecular weight is 408 g/mol. The van der Waals surface area contributed by atoms with Crippen LogP contribution in [-0.2, 0) is 4.79 Å². The SMILES string of the molecule is CCOc1ccc(-c2ccc(/C=C3\SC(=Nc4ccc(F)cc4)NC3=O)o2)cc1. The lowest BCUT2D eigenvalue weighted by atomic mass is 10.2. The molecule has 1 amide bonds. The monoisotopic (exact) mass is 408 g/mol. The van der Waals surface area contributed by atoms with Gasteiger partial charge in [-0.05, 0) is 79.3 Å². The van der Waals surface area contributed by atoms with E-state index in [0.29, 0.717) is 33.9 Å². The van der Waals surface area contributed by atoms with Crippen LogP contribution in [0.1, 0.15) is 12.7 Å². The first-order valence-corrected chi connectivity index (χ1v) is 9.80. The van der Waals surface area contributed by atoms with Gasteiger partial charge in [0.25, 0.3) is 5.91 Å². The second-order valence-corrected chi connectivity index (χ2v) is 7.15. The summed E-state index contributed by atoms with van der Waals surface area (Å²) < 4.78 is 24.3. The van der Waals surface area contributed by atoms with Crippen LogP contribution in [0, 0.1) is 5.82 Å². The van der Waals surface area contributed by atoms with Gasteiger partial charge in [-0.3, -0.25) is 4.79 Å². The third kappa shape index (κ3) is 4.57. The van der Waals surface area contributed by atoms with E-state index in [4.69, 9.17) is 9.15 Å². The van der Waals surface area contributed by atoms with Crippen molar-refractivity contribution in [2.24, 2.45) is 4.99 Å². The van der Waals surface area contributed by atoms with Crippen LogP contribution in [0.2, 0.25) is 0 Å². The molecule has 1 fully saturated rings. The third-order valence-corrected chi connectivity index (χ3v) is 4.97. The zero-order chi connectivity index (χ0) is 20.2. The highest BCUT2D eigenvalue weighted by molar-refractivity contribution is 8.18. The fourth-order valence-electron chi connectivity index (χ4n) is 2.71. The van der Waals surface area contributed by atoms with E-state index in [1.807, 2.05) is 43.3 Å². The van der Waals surface area contributed by atoms with Crippen molar-refractivity contribution < 1.29 is 18.3 Å². The molecule has 3 aromatic rings. The van der Waals surface area contributed by atoms with Gasteiger partial charge in [-0.15, -0.1) is 0 Å². The van der Waals surface area contributed by atoms with Gasteiger partial charge in [0.05, 0.1) is 17.2 Å². The highest BCUT2D eigenvalue weighted by Crippen LogP contribution is 2.30. The van der Waals surface area contributed by atoms with E-state index in [0.717, 1.165) is 11.3 Å². The second-order valence-electron chi connectivity index (χ2n) is 6.12. The fourth-order valence-corrected chi connectivity index (χ4v) is 3.53. The van der Waals surface area contributed by atoms with Gasteiger partial charge in [-0.25, -0.2) is 9.38 Å². The Morgan fingerprint density at radius 1 is 1.10 bits per heavy atom. The van der Waals surface area contributed by atoms with Gasteiger partial charge in [0.15, 0.2) is 5.17 Å². The van der Waals surface area contributed by atoms with Crippen molar-refractivity contribution in [1.82, 2.24) is 5.32 Å². The van der Waals surface area contributed by atoms with E-state index in [1.54, 1.807) is 18.2 Å². The van der Waals surface area contributed by atoms with Gasteiger partial charge in [0.1, 0.15) is 23.1 Å².